The lowest BCUT2D eigenvalue weighted by Crippen LogP contribution is -2.48. The summed E-state index contributed by atoms with van der Waals surface area (Å²) in [5, 5.41) is 6.02. The smallest absolute Gasteiger partial charge is 0.415 e. The molecule has 3 aromatic heterocycles. The first-order valence-corrected chi connectivity index (χ1v) is 13.6. The molecule has 9 nitrogen and oxygen atoms in total. The maximum atomic E-state index is 13.7. The van der Waals surface area contributed by atoms with Crippen molar-refractivity contribution in [3.8, 4) is 11.6 Å². The number of pyridine rings is 1. The van der Waals surface area contributed by atoms with Gasteiger partial charge in [-0.25, -0.2) is 9.48 Å². The number of nitrogens with zero attached hydrogens (tertiary/aromatic N) is 5. The molecule has 0 N–H and O–H groups in total. The number of ether oxygens (including phenoxy) is 2. The molecule has 3 heterocycles. The minimum absolute atomic E-state index is 0.135. The normalized spacial score (nSPS) is 12.1. The van der Waals surface area contributed by atoms with Crippen LogP contribution >= 0.6 is 0 Å². The molecule has 5 rings (SSSR count). The van der Waals surface area contributed by atoms with Gasteiger partial charge < -0.3 is 14.0 Å². The Morgan fingerprint density at radius 2 is 1.71 bits per heavy atom. The number of carbonyl (C=O) groups is 1. The SMILES string of the molecule is Cn1c2cc(Oc3cccc(F)n3)ccc2c2cnn(Cc3cccc(N(C(=O)OC(C)(C)C)C(C)(C)C)c3)c(=O)c21. The first kappa shape index (κ1) is 28.8. The second-order valence-corrected chi connectivity index (χ2v) is 12.2. The average Bonchev–Trinajstić information content (AvgIpc) is 3.16. The fourth-order valence-electron chi connectivity index (χ4n) is 4.92. The van der Waals surface area contributed by atoms with Crippen LogP contribution < -0.4 is 15.2 Å². The summed E-state index contributed by atoms with van der Waals surface area (Å²) in [5.41, 5.74) is 1.26. The van der Waals surface area contributed by atoms with E-state index in [-0.39, 0.29) is 18.0 Å². The first-order valence-electron chi connectivity index (χ1n) is 13.6. The Balaban J connectivity index is 1.49. The molecule has 0 radical (unpaired) electrons. The Hall–Kier alpha value is -4.73. The monoisotopic (exact) mass is 571 g/mol. The second-order valence-electron chi connectivity index (χ2n) is 12.2. The molecule has 0 fully saturated rings. The van der Waals surface area contributed by atoms with Crippen LogP contribution in [-0.4, -0.2) is 36.6 Å². The molecule has 42 heavy (non-hydrogen) atoms. The summed E-state index contributed by atoms with van der Waals surface area (Å²) >= 11 is 0. The van der Waals surface area contributed by atoms with Crippen molar-refractivity contribution in [3.63, 3.8) is 0 Å². The molecule has 0 atom stereocenters. The highest BCUT2D eigenvalue weighted by molar-refractivity contribution is 6.07. The molecular formula is C32H34FN5O4. The maximum absolute atomic E-state index is 13.7. The summed E-state index contributed by atoms with van der Waals surface area (Å²) in [6.45, 7) is 11.5. The third-order valence-electron chi connectivity index (χ3n) is 6.63. The third-order valence-corrected chi connectivity index (χ3v) is 6.63. The van der Waals surface area contributed by atoms with Gasteiger partial charge >= 0.3 is 6.09 Å². The van der Waals surface area contributed by atoms with Gasteiger partial charge in [0.1, 0.15) is 16.9 Å². The molecule has 1 amide bonds. The van der Waals surface area contributed by atoms with Crippen LogP contribution in [0.25, 0.3) is 21.8 Å². The van der Waals surface area contributed by atoms with Gasteiger partial charge in [0.25, 0.3) is 5.56 Å². The summed E-state index contributed by atoms with van der Waals surface area (Å²) < 4.78 is 28.2. The predicted molar refractivity (Wildman–Crippen MR) is 161 cm³/mol. The Morgan fingerprint density at radius 1 is 0.976 bits per heavy atom. The lowest BCUT2D eigenvalue weighted by Gasteiger charge is -2.37. The van der Waals surface area contributed by atoms with Crippen LogP contribution in [0.3, 0.4) is 0 Å². The zero-order valence-corrected chi connectivity index (χ0v) is 24.8. The van der Waals surface area contributed by atoms with Crippen molar-refractivity contribution < 1.29 is 18.7 Å². The highest BCUT2D eigenvalue weighted by atomic mass is 19.1. The summed E-state index contributed by atoms with van der Waals surface area (Å²) in [6, 6.07) is 17.2. The summed E-state index contributed by atoms with van der Waals surface area (Å²) in [6.07, 6.45) is 1.23. The highest BCUT2D eigenvalue weighted by Crippen LogP contribution is 2.31. The van der Waals surface area contributed by atoms with Crippen LogP contribution in [0, 0.1) is 5.95 Å². The lowest BCUT2D eigenvalue weighted by molar-refractivity contribution is 0.0550. The molecule has 0 spiro atoms. The van der Waals surface area contributed by atoms with E-state index in [1.165, 1.54) is 16.8 Å². The zero-order chi connectivity index (χ0) is 30.4. The van der Waals surface area contributed by atoms with E-state index >= 15 is 0 Å². The number of anilines is 1. The topological polar surface area (TPSA) is 91.5 Å². The van der Waals surface area contributed by atoms with Gasteiger partial charge in [-0.05, 0) is 77.4 Å². The maximum Gasteiger partial charge on any atom is 0.415 e. The van der Waals surface area contributed by atoms with Gasteiger partial charge in [-0.3, -0.25) is 9.69 Å². The molecule has 0 unspecified atom stereocenters. The number of benzene rings is 2. The molecule has 0 aliphatic rings. The molecule has 0 aliphatic heterocycles. The minimum atomic E-state index is -0.646. The van der Waals surface area contributed by atoms with Gasteiger partial charge in [0, 0.05) is 41.2 Å². The fourth-order valence-corrected chi connectivity index (χ4v) is 4.92. The Morgan fingerprint density at radius 3 is 2.40 bits per heavy atom. The average molecular weight is 572 g/mol. The van der Waals surface area contributed by atoms with Gasteiger partial charge in [-0.1, -0.05) is 18.2 Å². The quantitative estimate of drug-likeness (QED) is 0.216. The molecule has 2 aromatic carbocycles. The van der Waals surface area contributed by atoms with Gasteiger partial charge in [0.05, 0.1) is 18.3 Å². The van der Waals surface area contributed by atoms with E-state index < -0.39 is 23.2 Å². The van der Waals surface area contributed by atoms with E-state index in [0.717, 1.165) is 16.5 Å². The van der Waals surface area contributed by atoms with Crippen LogP contribution in [0.15, 0.2) is 71.7 Å². The predicted octanol–water partition coefficient (Wildman–Crippen LogP) is 6.80. The highest BCUT2D eigenvalue weighted by Gasteiger charge is 2.32. The number of carbonyl (C=O) groups excluding carboxylic acids is 1. The van der Waals surface area contributed by atoms with Crippen LogP contribution in [0.5, 0.6) is 11.6 Å². The van der Waals surface area contributed by atoms with Gasteiger partial charge in [-0.15, -0.1) is 0 Å². The van der Waals surface area contributed by atoms with Crippen molar-refractivity contribution in [2.24, 2.45) is 7.05 Å². The van der Waals surface area contributed by atoms with E-state index in [1.807, 2.05) is 78.9 Å². The Kier molecular flexibility index (Phi) is 7.26. The van der Waals surface area contributed by atoms with Crippen LogP contribution in [0.1, 0.15) is 47.1 Å². The van der Waals surface area contributed by atoms with E-state index in [2.05, 4.69) is 10.1 Å². The number of aryl methyl sites for hydroxylation is 1. The molecule has 0 saturated carbocycles. The number of rotatable bonds is 5. The Labute approximate surface area is 243 Å². The van der Waals surface area contributed by atoms with Crippen molar-refractivity contribution >= 4 is 33.6 Å². The number of fused-ring (bicyclic) bond motifs is 3. The molecule has 0 aliphatic carbocycles. The summed E-state index contributed by atoms with van der Waals surface area (Å²) in [7, 11) is 1.81. The van der Waals surface area contributed by atoms with Crippen molar-refractivity contribution in [1.29, 1.82) is 0 Å². The Bertz CT molecular complexity index is 1860. The van der Waals surface area contributed by atoms with Crippen molar-refractivity contribution in [2.75, 3.05) is 4.90 Å². The molecule has 218 valence electrons. The zero-order valence-electron chi connectivity index (χ0n) is 24.8. The van der Waals surface area contributed by atoms with E-state index in [4.69, 9.17) is 9.47 Å². The largest absolute Gasteiger partial charge is 0.443 e. The standard InChI is InChI=1S/C32H34FN5O4/c1-31(2,3)38(30(40)42-32(4,5)6)21-11-8-10-20(16-21)19-37-29(39)28-24(18-34-37)23-15-14-22(17-25(23)36(28)7)41-27-13-9-12-26(33)35-27/h8-18H,19H2,1-7H3. The lowest BCUT2D eigenvalue weighted by atomic mass is 10.0. The number of halogens is 1. The number of aromatic nitrogens is 4. The summed E-state index contributed by atoms with van der Waals surface area (Å²) in [5.74, 6) is -0.0349. The number of amides is 1. The van der Waals surface area contributed by atoms with E-state index in [9.17, 15) is 14.0 Å². The van der Waals surface area contributed by atoms with Crippen LogP contribution in [0.4, 0.5) is 14.9 Å². The van der Waals surface area contributed by atoms with E-state index in [1.54, 1.807) is 33.9 Å². The molecule has 0 bridgehead atoms. The molecular weight excluding hydrogens is 537 g/mol. The number of hydrogen-bond donors (Lipinski definition) is 0. The number of hydrogen-bond acceptors (Lipinski definition) is 6. The van der Waals surface area contributed by atoms with Crippen molar-refractivity contribution in [3.05, 3.63) is 88.7 Å². The van der Waals surface area contributed by atoms with Gasteiger partial charge in [0.15, 0.2) is 0 Å². The van der Waals surface area contributed by atoms with Crippen LogP contribution in [0.2, 0.25) is 0 Å². The van der Waals surface area contributed by atoms with Crippen LogP contribution in [-0.2, 0) is 18.3 Å². The van der Waals surface area contributed by atoms with E-state index in [0.29, 0.717) is 22.3 Å². The summed E-state index contributed by atoms with van der Waals surface area (Å²) in [4.78, 5) is 32.2. The first-order chi connectivity index (χ1) is 19.7. The molecule has 10 heteroatoms. The second kappa shape index (κ2) is 10.6. The van der Waals surface area contributed by atoms with Gasteiger partial charge in [-0.2, -0.15) is 14.5 Å². The van der Waals surface area contributed by atoms with Crippen molar-refractivity contribution in [2.45, 2.75) is 59.2 Å². The third kappa shape index (κ3) is 5.83. The fraction of sp³-hybridized carbons (Fsp3) is 0.312. The molecule has 5 aromatic rings. The molecule has 0 saturated heterocycles. The van der Waals surface area contributed by atoms with Crippen molar-refractivity contribution in [1.82, 2.24) is 19.3 Å². The van der Waals surface area contributed by atoms with Gasteiger partial charge in [0.2, 0.25) is 11.8 Å². The minimum Gasteiger partial charge on any atom is -0.443 e.